The molecule has 0 unspecified atom stereocenters. The van der Waals surface area contributed by atoms with Crippen molar-refractivity contribution in [3.8, 4) is 28.0 Å². The van der Waals surface area contributed by atoms with Gasteiger partial charge in [-0.15, -0.1) is 0 Å². The topological polar surface area (TPSA) is 18.5 Å². The van der Waals surface area contributed by atoms with Crippen LogP contribution in [-0.4, -0.2) is 12.7 Å². The summed E-state index contributed by atoms with van der Waals surface area (Å²) >= 11 is 0. The van der Waals surface area contributed by atoms with Crippen LogP contribution in [0.1, 0.15) is 62.5 Å². The first-order valence-corrected chi connectivity index (χ1v) is 14.8. The van der Waals surface area contributed by atoms with E-state index in [2.05, 4.69) is 11.7 Å². The lowest BCUT2D eigenvalue weighted by Crippen LogP contribution is -2.25. The highest BCUT2D eigenvalue weighted by molar-refractivity contribution is 5.66. The molecule has 5 rings (SSSR count). The van der Waals surface area contributed by atoms with Gasteiger partial charge in [0.1, 0.15) is 34.6 Å². The number of alkyl halides is 2. The van der Waals surface area contributed by atoms with Gasteiger partial charge in [-0.1, -0.05) is 25.5 Å². The van der Waals surface area contributed by atoms with Gasteiger partial charge in [-0.2, -0.15) is 8.78 Å². The van der Waals surface area contributed by atoms with E-state index in [9.17, 15) is 17.6 Å². The summed E-state index contributed by atoms with van der Waals surface area (Å²) in [5, 5.41) is 0. The van der Waals surface area contributed by atoms with Crippen LogP contribution in [0.15, 0.2) is 60.7 Å². The molecule has 1 aliphatic carbocycles. The van der Waals surface area contributed by atoms with E-state index >= 15 is 22.0 Å². The summed E-state index contributed by atoms with van der Waals surface area (Å²) in [4.78, 5) is 0. The molecule has 0 bridgehead atoms. The number of unbranched alkanes of at least 4 members (excludes halogenated alkanes) is 1. The Balaban J connectivity index is 1.31. The SMILES string of the molecule is CCCCOC1CCC(c2ccc(-c3cc(F)c(C(F)(F)Oc4ccc(-c5cc(F)c(F)c(F)c5)c(F)c4)c(F)c3)c(F)c2)CC1. The Morgan fingerprint density at radius 3 is 1.74 bits per heavy atom. The quantitative estimate of drug-likeness (QED) is 0.0964. The summed E-state index contributed by atoms with van der Waals surface area (Å²) in [6.07, 6.45) is 0.776. The molecule has 1 aliphatic rings. The van der Waals surface area contributed by atoms with E-state index in [1.807, 2.05) is 0 Å². The standard InChI is InChI=1S/C35H29F9O2/c1-2-3-12-45-23-7-4-19(5-8-23)20-6-10-25(27(36)13-20)21-14-29(38)33(30(39)15-21)35(43,44)46-24-9-11-26(28(37)18-24)22-16-31(40)34(42)32(41)17-22/h6,9-11,13-19,23H,2-5,7-8,12H2,1H3. The number of hydrogen-bond acceptors (Lipinski definition) is 2. The molecular weight excluding hydrogens is 623 g/mol. The third-order valence-electron chi connectivity index (χ3n) is 8.12. The molecule has 0 aliphatic heterocycles. The molecule has 11 heteroatoms. The Morgan fingerprint density at radius 1 is 0.652 bits per heavy atom. The highest BCUT2D eigenvalue weighted by Crippen LogP contribution is 2.40. The predicted molar refractivity (Wildman–Crippen MR) is 154 cm³/mol. The van der Waals surface area contributed by atoms with Gasteiger partial charge in [0.05, 0.1) is 6.10 Å². The van der Waals surface area contributed by atoms with Gasteiger partial charge < -0.3 is 9.47 Å². The lowest BCUT2D eigenvalue weighted by atomic mass is 9.82. The van der Waals surface area contributed by atoms with E-state index in [0.29, 0.717) is 36.9 Å². The molecule has 46 heavy (non-hydrogen) atoms. The largest absolute Gasteiger partial charge is 0.432 e. The summed E-state index contributed by atoms with van der Waals surface area (Å²) in [7, 11) is 0. The van der Waals surface area contributed by atoms with Crippen LogP contribution in [0, 0.1) is 40.7 Å². The molecule has 1 saturated carbocycles. The Morgan fingerprint density at radius 2 is 1.20 bits per heavy atom. The van der Waals surface area contributed by atoms with E-state index < -0.39 is 69.3 Å². The number of benzene rings is 4. The first-order valence-electron chi connectivity index (χ1n) is 14.8. The molecular formula is C35H29F9O2. The summed E-state index contributed by atoms with van der Waals surface area (Å²) in [5.74, 6) is -11.3. The van der Waals surface area contributed by atoms with Gasteiger partial charge in [-0.25, -0.2) is 30.7 Å². The van der Waals surface area contributed by atoms with Gasteiger partial charge in [0.2, 0.25) is 0 Å². The number of halogens is 9. The van der Waals surface area contributed by atoms with Crippen LogP contribution < -0.4 is 4.74 Å². The average molecular weight is 653 g/mol. The first kappa shape index (κ1) is 33.4. The van der Waals surface area contributed by atoms with Crippen molar-refractivity contribution in [2.45, 2.75) is 63.6 Å². The minimum atomic E-state index is -4.66. The van der Waals surface area contributed by atoms with E-state index in [1.165, 1.54) is 12.1 Å². The second-order valence-corrected chi connectivity index (χ2v) is 11.3. The minimum Gasteiger partial charge on any atom is -0.429 e. The van der Waals surface area contributed by atoms with Crippen LogP contribution in [0.25, 0.3) is 22.3 Å². The van der Waals surface area contributed by atoms with Crippen molar-refractivity contribution in [2.24, 2.45) is 0 Å². The fourth-order valence-corrected chi connectivity index (χ4v) is 5.69. The number of rotatable bonds is 10. The van der Waals surface area contributed by atoms with Crippen molar-refractivity contribution >= 4 is 0 Å². The molecule has 244 valence electrons. The fourth-order valence-electron chi connectivity index (χ4n) is 5.69. The van der Waals surface area contributed by atoms with Crippen molar-refractivity contribution in [2.75, 3.05) is 6.61 Å². The Kier molecular flexibility index (Phi) is 10.0. The van der Waals surface area contributed by atoms with Crippen molar-refractivity contribution in [1.29, 1.82) is 0 Å². The Labute approximate surface area is 259 Å². The maximum absolute atomic E-state index is 15.2. The average Bonchev–Trinajstić information content (AvgIpc) is 2.99. The van der Waals surface area contributed by atoms with Gasteiger partial charge >= 0.3 is 6.11 Å². The second kappa shape index (κ2) is 13.8. The summed E-state index contributed by atoms with van der Waals surface area (Å²) in [6.45, 7) is 2.79. The summed E-state index contributed by atoms with van der Waals surface area (Å²) < 4.78 is 141. The number of ether oxygens (including phenoxy) is 2. The fraction of sp³-hybridized carbons (Fsp3) is 0.314. The predicted octanol–water partition coefficient (Wildman–Crippen LogP) is 11.0. The normalized spacial score (nSPS) is 16.9. The van der Waals surface area contributed by atoms with Crippen molar-refractivity contribution in [3.63, 3.8) is 0 Å². The van der Waals surface area contributed by atoms with E-state index in [0.717, 1.165) is 56.2 Å². The van der Waals surface area contributed by atoms with E-state index in [4.69, 9.17) is 4.74 Å². The van der Waals surface area contributed by atoms with Gasteiger partial charge in [0.15, 0.2) is 17.5 Å². The smallest absolute Gasteiger partial charge is 0.429 e. The molecule has 0 spiro atoms. The maximum Gasteiger partial charge on any atom is 0.432 e. The zero-order valence-corrected chi connectivity index (χ0v) is 24.6. The molecule has 4 aromatic carbocycles. The molecule has 4 aromatic rings. The molecule has 0 N–H and O–H groups in total. The molecule has 0 amide bonds. The maximum atomic E-state index is 15.2. The van der Waals surface area contributed by atoms with Crippen LogP contribution >= 0.6 is 0 Å². The van der Waals surface area contributed by atoms with Gasteiger partial charge in [-0.05, 0) is 97.2 Å². The lowest BCUT2D eigenvalue weighted by molar-refractivity contribution is -0.189. The van der Waals surface area contributed by atoms with Crippen LogP contribution in [-0.2, 0) is 10.8 Å². The van der Waals surface area contributed by atoms with E-state index in [1.54, 1.807) is 6.07 Å². The van der Waals surface area contributed by atoms with E-state index in [-0.39, 0.29) is 23.1 Å². The van der Waals surface area contributed by atoms with Gasteiger partial charge in [0.25, 0.3) is 0 Å². The molecule has 0 radical (unpaired) electrons. The molecule has 0 aromatic heterocycles. The zero-order valence-electron chi connectivity index (χ0n) is 24.6. The highest BCUT2D eigenvalue weighted by atomic mass is 19.3. The highest BCUT2D eigenvalue weighted by Gasteiger charge is 2.41. The molecule has 1 fully saturated rings. The van der Waals surface area contributed by atoms with Crippen LogP contribution in [0.4, 0.5) is 39.5 Å². The van der Waals surface area contributed by atoms with Gasteiger partial charge in [0, 0.05) is 23.8 Å². The van der Waals surface area contributed by atoms with Crippen molar-refractivity contribution < 1.29 is 49.0 Å². The third-order valence-corrected chi connectivity index (χ3v) is 8.12. The molecule has 0 saturated heterocycles. The molecule has 0 atom stereocenters. The van der Waals surface area contributed by atoms with Gasteiger partial charge in [-0.3, -0.25) is 0 Å². The van der Waals surface area contributed by atoms with Crippen LogP contribution in [0.5, 0.6) is 5.75 Å². The molecule has 0 heterocycles. The third kappa shape index (κ3) is 7.19. The lowest BCUT2D eigenvalue weighted by Gasteiger charge is -2.29. The van der Waals surface area contributed by atoms with Crippen LogP contribution in [0.3, 0.4) is 0 Å². The summed E-state index contributed by atoms with van der Waals surface area (Å²) in [5.41, 5.74) is -2.50. The number of hydrogen-bond donors (Lipinski definition) is 0. The Bertz CT molecular complexity index is 1670. The van der Waals surface area contributed by atoms with Crippen molar-refractivity contribution in [3.05, 3.63) is 113 Å². The molecule has 2 nitrogen and oxygen atoms in total. The zero-order chi connectivity index (χ0) is 33.2. The monoisotopic (exact) mass is 652 g/mol. The minimum absolute atomic E-state index is 0.0817. The van der Waals surface area contributed by atoms with Crippen LogP contribution in [0.2, 0.25) is 0 Å². The first-order chi connectivity index (χ1) is 21.9. The van der Waals surface area contributed by atoms with Crippen molar-refractivity contribution in [1.82, 2.24) is 0 Å². The Hall–Kier alpha value is -3.99. The second-order valence-electron chi connectivity index (χ2n) is 11.3. The summed E-state index contributed by atoms with van der Waals surface area (Å²) in [6, 6.07) is 8.40.